The van der Waals surface area contributed by atoms with E-state index in [1.54, 1.807) is 0 Å². The van der Waals surface area contributed by atoms with E-state index in [9.17, 15) is 13.6 Å². The molecule has 0 saturated carbocycles. The Morgan fingerprint density at radius 2 is 2.11 bits per heavy atom. The Hall–Kier alpha value is -2.57. The molecule has 1 aromatic heterocycles. The first-order valence-electron chi connectivity index (χ1n) is 4.83. The second kappa shape index (κ2) is 4.74. The van der Waals surface area contributed by atoms with Crippen LogP contribution in [0, 0.1) is 11.6 Å². The van der Waals surface area contributed by atoms with Crippen LogP contribution in [0.2, 0.25) is 0 Å². The van der Waals surface area contributed by atoms with Crippen LogP contribution < -0.4 is 5.32 Å². The normalized spacial score (nSPS) is 10.1. The van der Waals surface area contributed by atoms with Crippen molar-refractivity contribution in [2.75, 3.05) is 5.32 Å². The first kappa shape index (κ1) is 11.9. The lowest BCUT2D eigenvalue weighted by molar-refractivity contribution is 0.0697. The molecule has 1 heterocycles. The van der Waals surface area contributed by atoms with Gasteiger partial charge in [-0.05, 0) is 12.1 Å². The van der Waals surface area contributed by atoms with Crippen LogP contribution in [0.1, 0.15) is 10.4 Å². The molecule has 0 bridgehead atoms. The fourth-order valence-corrected chi connectivity index (χ4v) is 1.30. The van der Waals surface area contributed by atoms with Crippen molar-refractivity contribution in [3.63, 3.8) is 0 Å². The second-order valence-corrected chi connectivity index (χ2v) is 3.34. The van der Waals surface area contributed by atoms with E-state index in [0.29, 0.717) is 6.07 Å². The lowest BCUT2D eigenvalue weighted by Crippen LogP contribution is -2.06. The van der Waals surface area contributed by atoms with Crippen molar-refractivity contribution in [1.29, 1.82) is 0 Å². The first-order chi connectivity index (χ1) is 8.58. The minimum atomic E-state index is -1.25. The summed E-state index contributed by atoms with van der Waals surface area (Å²) in [6, 6.07) is 2.88. The zero-order valence-corrected chi connectivity index (χ0v) is 8.89. The number of carboxylic acid groups (broad SMARTS) is 1. The Morgan fingerprint density at radius 1 is 1.33 bits per heavy atom. The Morgan fingerprint density at radius 3 is 2.78 bits per heavy atom. The third-order valence-corrected chi connectivity index (χ3v) is 2.13. The largest absolute Gasteiger partial charge is 0.477 e. The topological polar surface area (TPSA) is 75.1 Å². The number of nitrogens with one attached hydrogen (secondary N) is 1. The number of hydrogen-bond acceptors (Lipinski definition) is 4. The van der Waals surface area contributed by atoms with Crippen molar-refractivity contribution in [3.05, 3.63) is 47.9 Å². The van der Waals surface area contributed by atoms with E-state index in [-0.39, 0.29) is 17.1 Å². The zero-order chi connectivity index (χ0) is 13.1. The number of benzene rings is 1. The van der Waals surface area contributed by atoms with Crippen LogP contribution in [-0.2, 0) is 0 Å². The molecular formula is C11H7F2N3O2. The SMILES string of the molecule is O=C(O)c1cncnc1Nc1ccc(F)cc1F. The molecule has 2 aromatic rings. The summed E-state index contributed by atoms with van der Waals surface area (Å²) in [7, 11) is 0. The minimum absolute atomic E-state index is 0.0667. The third kappa shape index (κ3) is 2.40. The highest BCUT2D eigenvalue weighted by Gasteiger charge is 2.13. The van der Waals surface area contributed by atoms with Crippen LogP contribution in [0.25, 0.3) is 0 Å². The van der Waals surface area contributed by atoms with Gasteiger partial charge in [0.1, 0.15) is 29.3 Å². The maximum atomic E-state index is 13.4. The van der Waals surface area contributed by atoms with Crippen LogP contribution in [0.15, 0.2) is 30.7 Å². The van der Waals surface area contributed by atoms with Crippen molar-refractivity contribution in [3.8, 4) is 0 Å². The number of hydrogen-bond donors (Lipinski definition) is 2. The molecule has 5 nitrogen and oxygen atoms in total. The number of halogens is 2. The van der Waals surface area contributed by atoms with E-state index < -0.39 is 17.6 Å². The van der Waals surface area contributed by atoms with Gasteiger partial charge in [0, 0.05) is 12.3 Å². The lowest BCUT2D eigenvalue weighted by atomic mass is 10.2. The Balaban J connectivity index is 2.37. The number of anilines is 2. The first-order valence-corrected chi connectivity index (χ1v) is 4.83. The summed E-state index contributed by atoms with van der Waals surface area (Å²) >= 11 is 0. The second-order valence-electron chi connectivity index (χ2n) is 3.34. The van der Waals surface area contributed by atoms with Gasteiger partial charge in [-0.2, -0.15) is 0 Å². The minimum Gasteiger partial charge on any atom is -0.477 e. The van der Waals surface area contributed by atoms with Crippen LogP contribution in [0.4, 0.5) is 20.3 Å². The number of rotatable bonds is 3. The highest BCUT2D eigenvalue weighted by Crippen LogP contribution is 2.21. The molecule has 0 fully saturated rings. The molecule has 2 rings (SSSR count). The molecule has 0 saturated heterocycles. The van der Waals surface area contributed by atoms with E-state index in [4.69, 9.17) is 5.11 Å². The third-order valence-electron chi connectivity index (χ3n) is 2.13. The van der Waals surface area contributed by atoms with Crippen molar-refractivity contribution >= 4 is 17.5 Å². The molecule has 0 unspecified atom stereocenters. The molecule has 0 amide bonds. The van der Waals surface area contributed by atoms with Crippen molar-refractivity contribution in [1.82, 2.24) is 9.97 Å². The molecule has 18 heavy (non-hydrogen) atoms. The predicted octanol–water partition coefficient (Wildman–Crippen LogP) is 2.20. The predicted molar refractivity (Wildman–Crippen MR) is 58.6 cm³/mol. The fraction of sp³-hybridized carbons (Fsp3) is 0. The number of nitrogens with zero attached hydrogens (tertiary/aromatic N) is 2. The number of carbonyl (C=O) groups is 1. The van der Waals surface area contributed by atoms with Gasteiger partial charge in [-0.1, -0.05) is 0 Å². The van der Waals surface area contributed by atoms with E-state index in [1.807, 2.05) is 0 Å². The summed E-state index contributed by atoms with van der Waals surface area (Å²) in [4.78, 5) is 18.1. The van der Waals surface area contributed by atoms with Gasteiger partial charge >= 0.3 is 5.97 Å². The summed E-state index contributed by atoms with van der Waals surface area (Å²) in [5.74, 6) is -2.88. The zero-order valence-electron chi connectivity index (χ0n) is 8.89. The van der Waals surface area contributed by atoms with Crippen molar-refractivity contribution in [2.45, 2.75) is 0 Å². The molecule has 0 radical (unpaired) electrons. The summed E-state index contributed by atoms with van der Waals surface area (Å²) < 4.78 is 26.1. The van der Waals surface area contributed by atoms with E-state index in [0.717, 1.165) is 24.7 Å². The Kier molecular flexibility index (Phi) is 3.13. The van der Waals surface area contributed by atoms with Crippen LogP contribution in [0.3, 0.4) is 0 Å². The number of carboxylic acids is 1. The Labute approximate surface area is 100 Å². The van der Waals surface area contributed by atoms with Crippen molar-refractivity contribution < 1.29 is 18.7 Å². The van der Waals surface area contributed by atoms with Gasteiger partial charge in [-0.25, -0.2) is 23.5 Å². The van der Waals surface area contributed by atoms with Crippen molar-refractivity contribution in [2.24, 2.45) is 0 Å². The van der Waals surface area contributed by atoms with Gasteiger partial charge in [-0.15, -0.1) is 0 Å². The molecule has 0 spiro atoms. The maximum absolute atomic E-state index is 13.4. The highest BCUT2D eigenvalue weighted by molar-refractivity contribution is 5.93. The highest BCUT2D eigenvalue weighted by atomic mass is 19.1. The smallest absolute Gasteiger partial charge is 0.341 e. The van der Waals surface area contributed by atoms with E-state index in [1.165, 1.54) is 0 Å². The summed E-state index contributed by atoms with van der Waals surface area (Å²) in [6.45, 7) is 0. The van der Waals surface area contributed by atoms with E-state index >= 15 is 0 Å². The maximum Gasteiger partial charge on any atom is 0.341 e. The molecule has 7 heteroatoms. The summed E-state index contributed by atoms with van der Waals surface area (Å²) in [6.07, 6.45) is 2.20. The molecule has 0 aliphatic rings. The summed E-state index contributed by atoms with van der Waals surface area (Å²) in [5, 5.41) is 11.4. The molecule has 0 aliphatic carbocycles. The van der Waals surface area contributed by atoms with E-state index in [2.05, 4.69) is 15.3 Å². The fourth-order valence-electron chi connectivity index (χ4n) is 1.30. The molecule has 1 aromatic carbocycles. The number of aromatic carboxylic acids is 1. The molecule has 92 valence electrons. The van der Waals surface area contributed by atoms with Gasteiger partial charge in [0.15, 0.2) is 0 Å². The lowest BCUT2D eigenvalue weighted by Gasteiger charge is -2.08. The van der Waals surface area contributed by atoms with Crippen LogP contribution in [-0.4, -0.2) is 21.0 Å². The molecule has 2 N–H and O–H groups in total. The quantitative estimate of drug-likeness (QED) is 0.874. The average molecular weight is 251 g/mol. The number of aromatic nitrogens is 2. The Bertz CT molecular complexity index is 605. The van der Waals surface area contributed by atoms with Gasteiger partial charge in [0.2, 0.25) is 0 Å². The van der Waals surface area contributed by atoms with Crippen LogP contribution in [0.5, 0.6) is 0 Å². The van der Waals surface area contributed by atoms with Gasteiger partial charge in [0.25, 0.3) is 0 Å². The van der Waals surface area contributed by atoms with Gasteiger partial charge in [0.05, 0.1) is 5.69 Å². The molecule has 0 aliphatic heterocycles. The van der Waals surface area contributed by atoms with Gasteiger partial charge < -0.3 is 10.4 Å². The van der Waals surface area contributed by atoms with Crippen LogP contribution >= 0.6 is 0 Å². The monoisotopic (exact) mass is 251 g/mol. The standard InChI is InChI=1S/C11H7F2N3O2/c12-6-1-2-9(8(13)3-6)16-10-7(11(17)18)4-14-5-15-10/h1-5H,(H,17,18)(H,14,15,16). The van der Waals surface area contributed by atoms with Gasteiger partial charge in [-0.3, -0.25) is 0 Å². The summed E-state index contributed by atoms with van der Waals surface area (Å²) in [5.41, 5.74) is -0.279. The molecular weight excluding hydrogens is 244 g/mol. The average Bonchev–Trinajstić information content (AvgIpc) is 2.33. The molecule has 0 atom stereocenters.